The standard InChI is InChI=1S/C20H24N2O4/c1-12-3-4-16-14(9-12)15(11-18(24)21-16)19(25)22-8-7-20(26-2)6-5-13(23)10-17(20)22/h3-4,9,11,13,17,23H,5-8,10H2,1-2H3,(H,21,24)/t13-,17-,20+/m0/s1. The van der Waals surface area contributed by atoms with Crippen molar-refractivity contribution in [2.24, 2.45) is 0 Å². The minimum Gasteiger partial charge on any atom is -0.393 e. The topological polar surface area (TPSA) is 82.6 Å². The van der Waals surface area contributed by atoms with Crippen LogP contribution in [0.2, 0.25) is 0 Å². The van der Waals surface area contributed by atoms with E-state index in [4.69, 9.17) is 4.74 Å². The van der Waals surface area contributed by atoms with Gasteiger partial charge in [0, 0.05) is 30.6 Å². The van der Waals surface area contributed by atoms with Gasteiger partial charge in [0.2, 0.25) is 5.56 Å². The molecule has 2 N–H and O–H groups in total. The van der Waals surface area contributed by atoms with Crippen molar-refractivity contribution in [3.8, 4) is 0 Å². The molecule has 0 radical (unpaired) electrons. The summed E-state index contributed by atoms with van der Waals surface area (Å²) in [5, 5.41) is 10.9. The van der Waals surface area contributed by atoms with Gasteiger partial charge < -0.3 is 19.7 Å². The maximum Gasteiger partial charge on any atom is 0.255 e. The number of aromatic amines is 1. The van der Waals surface area contributed by atoms with Gasteiger partial charge in [-0.15, -0.1) is 0 Å². The number of nitrogens with one attached hydrogen (secondary N) is 1. The number of nitrogens with zero attached hydrogens (tertiary/aromatic N) is 1. The van der Waals surface area contributed by atoms with Crippen LogP contribution in [0.5, 0.6) is 0 Å². The van der Waals surface area contributed by atoms with E-state index in [0.717, 1.165) is 23.8 Å². The average molecular weight is 356 g/mol. The molecule has 2 aromatic rings. The molecule has 138 valence electrons. The summed E-state index contributed by atoms with van der Waals surface area (Å²) in [6.07, 6.45) is 2.29. The number of carbonyl (C=O) groups is 1. The average Bonchev–Trinajstić information content (AvgIpc) is 3.00. The Morgan fingerprint density at radius 1 is 1.35 bits per heavy atom. The molecule has 2 fully saturated rings. The van der Waals surface area contributed by atoms with Gasteiger partial charge in [0.1, 0.15) is 0 Å². The Morgan fingerprint density at radius 2 is 2.15 bits per heavy atom. The van der Waals surface area contributed by atoms with Crippen LogP contribution in [0.3, 0.4) is 0 Å². The third kappa shape index (κ3) is 2.64. The summed E-state index contributed by atoms with van der Waals surface area (Å²) in [5.74, 6) is -0.162. The minimum atomic E-state index is -0.421. The van der Waals surface area contributed by atoms with Gasteiger partial charge in [-0.25, -0.2) is 0 Å². The van der Waals surface area contributed by atoms with Crippen LogP contribution in [-0.2, 0) is 4.74 Å². The smallest absolute Gasteiger partial charge is 0.255 e. The second-order valence-corrected chi connectivity index (χ2v) is 7.56. The number of amides is 1. The van der Waals surface area contributed by atoms with Crippen molar-refractivity contribution in [2.75, 3.05) is 13.7 Å². The number of benzene rings is 1. The summed E-state index contributed by atoms with van der Waals surface area (Å²) in [6, 6.07) is 6.89. The van der Waals surface area contributed by atoms with Gasteiger partial charge >= 0.3 is 0 Å². The molecule has 4 rings (SSSR count). The quantitative estimate of drug-likeness (QED) is 0.862. The van der Waals surface area contributed by atoms with E-state index in [1.54, 1.807) is 12.0 Å². The monoisotopic (exact) mass is 356 g/mol. The van der Waals surface area contributed by atoms with Crippen LogP contribution in [0.4, 0.5) is 0 Å². The van der Waals surface area contributed by atoms with E-state index in [-0.39, 0.29) is 23.1 Å². The number of H-pyrrole nitrogens is 1. The lowest BCUT2D eigenvalue weighted by atomic mass is 9.79. The fourth-order valence-corrected chi connectivity index (χ4v) is 4.62. The first-order valence-corrected chi connectivity index (χ1v) is 9.11. The number of aliphatic hydroxyl groups is 1. The first-order chi connectivity index (χ1) is 12.4. The number of fused-ring (bicyclic) bond motifs is 2. The Bertz CT molecular complexity index is 922. The van der Waals surface area contributed by atoms with Crippen LogP contribution < -0.4 is 5.56 Å². The van der Waals surface area contributed by atoms with Crippen molar-refractivity contribution in [1.29, 1.82) is 0 Å². The van der Waals surface area contributed by atoms with E-state index >= 15 is 0 Å². The number of hydrogen-bond donors (Lipinski definition) is 2. The first kappa shape index (κ1) is 17.2. The summed E-state index contributed by atoms with van der Waals surface area (Å²) in [7, 11) is 1.69. The van der Waals surface area contributed by atoms with Gasteiger partial charge in [-0.05, 0) is 44.7 Å². The third-order valence-electron chi connectivity index (χ3n) is 6.05. The fourth-order valence-electron chi connectivity index (χ4n) is 4.62. The number of carbonyl (C=O) groups excluding carboxylic acids is 1. The predicted octanol–water partition coefficient (Wildman–Crippen LogP) is 1.98. The predicted molar refractivity (Wildman–Crippen MR) is 98.3 cm³/mol. The molecule has 2 heterocycles. The molecule has 3 atom stereocenters. The SMILES string of the molecule is CO[C@@]12CC[C@H](O)C[C@@H]1N(C(=O)c1cc(=O)[nH]c3ccc(C)cc13)CC2. The van der Waals surface area contributed by atoms with Crippen molar-refractivity contribution in [3.63, 3.8) is 0 Å². The minimum absolute atomic E-state index is 0.162. The van der Waals surface area contributed by atoms with Gasteiger partial charge in [0.25, 0.3) is 5.91 Å². The lowest BCUT2D eigenvalue weighted by Crippen LogP contribution is -2.52. The van der Waals surface area contributed by atoms with Crippen molar-refractivity contribution < 1.29 is 14.6 Å². The number of likely N-dealkylation sites (tertiary alicyclic amines) is 1. The third-order valence-corrected chi connectivity index (χ3v) is 6.05. The van der Waals surface area contributed by atoms with E-state index in [1.165, 1.54) is 6.07 Å². The largest absolute Gasteiger partial charge is 0.393 e. The summed E-state index contributed by atoms with van der Waals surface area (Å²) in [6.45, 7) is 2.53. The number of aryl methyl sites for hydroxylation is 1. The first-order valence-electron chi connectivity index (χ1n) is 9.11. The molecule has 0 bridgehead atoms. The summed E-state index contributed by atoms with van der Waals surface area (Å²) in [5.41, 5.74) is 1.43. The van der Waals surface area contributed by atoms with Crippen LogP contribution in [0, 0.1) is 6.92 Å². The van der Waals surface area contributed by atoms with E-state index in [0.29, 0.717) is 30.5 Å². The van der Waals surface area contributed by atoms with Crippen LogP contribution in [0.15, 0.2) is 29.1 Å². The molecule has 1 amide bonds. The summed E-state index contributed by atoms with van der Waals surface area (Å²) >= 11 is 0. The van der Waals surface area contributed by atoms with Crippen LogP contribution in [-0.4, -0.2) is 52.3 Å². The maximum atomic E-state index is 13.4. The zero-order valence-electron chi connectivity index (χ0n) is 15.1. The molecule has 1 saturated carbocycles. The molecular weight excluding hydrogens is 332 g/mol. The number of hydrogen-bond acceptors (Lipinski definition) is 4. The molecule has 1 saturated heterocycles. The molecule has 6 nitrogen and oxygen atoms in total. The maximum absolute atomic E-state index is 13.4. The number of ether oxygens (including phenoxy) is 1. The van der Waals surface area contributed by atoms with Gasteiger partial charge in [0.05, 0.1) is 23.3 Å². The van der Waals surface area contributed by atoms with Gasteiger partial charge in [-0.1, -0.05) is 11.6 Å². The highest BCUT2D eigenvalue weighted by Crippen LogP contribution is 2.43. The molecule has 1 aliphatic heterocycles. The van der Waals surface area contributed by atoms with E-state index in [1.807, 2.05) is 25.1 Å². The van der Waals surface area contributed by atoms with Crippen LogP contribution >= 0.6 is 0 Å². The Labute approximate surface area is 151 Å². The van der Waals surface area contributed by atoms with Crippen molar-refractivity contribution in [2.45, 2.75) is 50.4 Å². The molecule has 0 spiro atoms. The Balaban J connectivity index is 1.78. The van der Waals surface area contributed by atoms with Crippen molar-refractivity contribution >= 4 is 16.8 Å². The number of methoxy groups -OCH3 is 1. The number of pyridine rings is 1. The Kier molecular flexibility index (Phi) is 4.12. The highest BCUT2D eigenvalue weighted by Gasteiger charge is 2.52. The molecule has 0 unspecified atom stereocenters. The lowest BCUT2D eigenvalue weighted by Gasteiger charge is -2.42. The molecule has 6 heteroatoms. The van der Waals surface area contributed by atoms with E-state index < -0.39 is 6.10 Å². The highest BCUT2D eigenvalue weighted by molar-refractivity contribution is 6.06. The van der Waals surface area contributed by atoms with Crippen LogP contribution in [0.1, 0.15) is 41.6 Å². The summed E-state index contributed by atoms with van der Waals surface area (Å²) < 4.78 is 5.82. The molecule has 1 aromatic heterocycles. The van der Waals surface area contributed by atoms with Crippen LogP contribution in [0.25, 0.3) is 10.9 Å². The summed E-state index contributed by atoms with van der Waals surface area (Å²) in [4.78, 5) is 30.0. The fraction of sp³-hybridized carbons (Fsp3) is 0.500. The number of aromatic nitrogens is 1. The molecule has 26 heavy (non-hydrogen) atoms. The number of aliphatic hydroxyl groups excluding tert-OH is 1. The second kappa shape index (κ2) is 6.21. The van der Waals surface area contributed by atoms with E-state index in [2.05, 4.69) is 4.98 Å². The molecular formula is C20H24N2O4. The number of rotatable bonds is 2. The Morgan fingerprint density at radius 3 is 2.92 bits per heavy atom. The zero-order chi connectivity index (χ0) is 18.5. The lowest BCUT2D eigenvalue weighted by molar-refractivity contribution is -0.0824. The highest BCUT2D eigenvalue weighted by atomic mass is 16.5. The molecule has 1 aliphatic carbocycles. The van der Waals surface area contributed by atoms with Gasteiger partial charge in [-0.2, -0.15) is 0 Å². The normalized spacial score (nSPS) is 28.3. The van der Waals surface area contributed by atoms with Gasteiger partial charge in [0.15, 0.2) is 0 Å². The molecule has 2 aliphatic rings. The zero-order valence-corrected chi connectivity index (χ0v) is 15.1. The Hall–Kier alpha value is -2.18. The van der Waals surface area contributed by atoms with Gasteiger partial charge in [-0.3, -0.25) is 9.59 Å². The second-order valence-electron chi connectivity index (χ2n) is 7.56. The van der Waals surface area contributed by atoms with E-state index in [9.17, 15) is 14.7 Å². The van der Waals surface area contributed by atoms with Crippen molar-refractivity contribution in [3.05, 3.63) is 45.7 Å². The van der Waals surface area contributed by atoms with Crippen molar-refractivity contribution in [1.82, 2.24) is 9.88 Å². The molecule has 1 aromatic carbocycles.